The van der Waals surface area contributed by atoms with Crippen LogP contribution >= 0.6 is 0 Å². The van der Waals surface area contributed by atoms with Gasteiger partial charge in [0, 0.05) is 48.8 Å². The fourth-order valence-electron chi connectivity index (χ4n) is 11.0. The maximum atomic E-state index is 12.9. The van der Waals surface area contributed by atoms with Crippen LogP contribution < -0.4 is 0 Å². The van der Waals surface area contributed by atoms with Crippen molar-refractivity contribution >= 4 is 33.1 Å². The standard InChI is InChI=1S/C72H74N5O.Pt/c1-68(2,3)48-34-36-60(54(41-48)45-26-18-16-19-27-45)76-62-33-25-23-31-58(62)73-65(76)47-38-50(70(7,8)9)40-52(39-47)75-59-32-24-22-30-53(59)63-67(75)74-66(56-43-51(71(10,11)12)44-57(64(56)78)72(13,14)15)77(63)61-37-35-49(69(4,5)6)42-55(61)46-28-20-17-21-29-46;/h16-38,40-44,78H,1-15H3;/q-1;. The van der Waals surface area contributed by atoms with E-state index in [1.54, 1.807) is 0 Å². The maximum absolute atomic E-state index is 12.9. The van der Waals surface area contributed by atoms with E-state index in [1.165, 1.54) is 11.1 Å². The molecule has 404 valence electrons. The van der Waals surface area contributed by atoms with Crippen molar-refractivity contribution in [2.45, 2.75) is 131 Å². The molecule has 0 spiro atoms. The van der Waals surface area contributed by atoms with Gasteiger partial charge in [0.2, 0.25) is 0 Å². The van der Waals surface area contributed by atoms with Crippen molar-refractivity contribution in [3.63, 3.8) is 0 Å². The molecule has 11 rings (SSSR count). The number of hydrogen-bond acceptors (Lipinski definition) is 3. The molecule has 8 aromatic carbocycles. The van der Waals surface area contributed by atoms with Crippen LogP contribution in [0.1, 0.15) is 132 Å². The van der Waals surface area contributed by atoms with Crippen LogP contribution in [0.15, 0.2) is 170 Å². The summed E-state index contributed by atoms with van der Waals surface area (Å²) in [5.41, 5.74) is 18.1. The van der Waals surface area contributed by atoms with Crippen LogP contribution in [0.3, 0.4) is 0 Å². The van der Waals surface area contributed by atoms with E-state index in [2.05, 4.69) is 293 Å². The molecule has 0 amide bonds. The number of rotatable bonds is 7. The second-order valence-corrected chi connectivity index (χ2v) is 26.6. The summed E-state index contributed by atoms with van der Waals surface area (Å²) in [5.74, 6) is 1.70. The minimum absolute atomic E-state index is 0. The topological polar surface area (TPSA) is 60.8 Å². The summed E-state index contributed by atoms with van der Waals surface area (Å²) in [5, 5.41) is 13.9. The van der Waals surface area contributed by atoms with Crippen molar-refractivity contribution in [3.05, 3.63) is 204 Å². The number of phenolic OH excluding ortho intramolecular Hbond substituents is 1. The van der Waals surface area contributed by atoms with Crippen LogP contribution in [0.4, 0.5) is 0 Å². The van der Waals surface area contributed by atoms with Gasteiger partial charge >= 0.3 is 0 Å². The van der Waals surface area contributed by atoms with Gasteiger partial charge in [-0.2, -0.15) is 0 Å². The van der Waals surface area contributed by atoms with Gasteiger partial charge in [-0.15, -0.1) is 29.3 Å². The summed E-state index contributed by atoms with van der Waals surface area (Å²) < 4.78 is 6.97. The predicted molar refractivity (Wildman–Crippen MR) is 328 cm³/mol. The first-order chi connectivity index (χ1) is 36.8. The van der Waals surface area contributed by atoms with Gasteiger partial charge in [-0.05, 0) is 109 Å². The Balaban J connectivity index is 0.00000704. The van der Waals surface area contributed by atoms with Gasteiger partial charge < -0.3 is 14.2 Å². The normalized spacial score (nSPS) is 12.7. The van der Waals surface area contributed by atoms with Crippen molar-refractivity contribution < 1.29 is 26.2 Å². The molecular weight excluding hydrogens is 1150 g/mol. The molecule has 0 saturated carbocycles. The average molecular weight is 1220 g/mol. The minimum atomic E-state index is -0.367. The fourth-order valence-corrected chi connectivity index (χ4v) is 11.0. The molecule has 3 aromatic heterocycles. The first-order valence-corrected chi connectivity index (χ1v) is 27.6. The van der Waals surface area contributed by atoms with E-state index in [1.807, 2.05) is 0 Å². The zero-order valence-corrected chi connectivity index (χ0v) is 50.9. The van der Waals surface area contributed by atoms with E-state index in [0.717, 1.165) is 100 Å². The average Bonchev–Trinajstić information content (AvgIpc) is 4.30. The largest absolute Gasteiger partial charge is 0.507 e. The van der Waals surface area contributed by atoms with Crippen molar-refractivity contribution in [1.29, 1.82) is 0 Å². The SMILES string of the molecule is CC(C)(C)c1cc(-c2nc3ccccc3n2-c2ccc(C(C)(C)C)cc2-c2ccccc2)[c-]c(-n2c3ccccc3c3c2nc(-c2cc(C(C)(C)C)cc(C(C)(C)C)c2O)n3-c2ccc(C(C)(C)C)cc2-c2ccccc2)c1.[Pt]. The third-order valence-electron chi connectivity index (χ3n) is 15.6. The number of para-hydroxylation sites is 3. The Morgan fingerprint density at radius 2 is 0.886 bits per heavy atom. The first kappa shape index (κ1) is 55.1. The van der Waals surface area contributed by atoms with Gasteiger partial charge in [-0.3, -0.25) is 9.55 Å². The molecule has 0 aliphatic rings. The molecule has 0 aliphatic heterocycles. The molecule has 0 radical (unpaired) electrons. The minimum Gasteiger partial charge on any atom is -0.507 e. The number of benzene rings is 8. The third kappa shape index (κ3) is 10.0. The Kier molecular flexibility index (Phi) is 13.8. The number of nitrogens with zero attached hydrogens (tertiary/aromatic N) is 5. The van der Waals surface area contributed by atoms with E-state index >= 15 is 0 Å². The Morgan fingerprint density at radius 3 is 1.43 bits per heavy atom. The van der Waals surface area contributed by atoms with Gasteiger partial charge in [0.25, 0.3) is 0 Å². The summed E-state index contributed by atoms with van der Waals surface area (Å²) >= 11 is 0. The molecule has 7 heteroatoms. The van der Waals surface area contributed by atoms with Crippen LogP contribution in [-0.4, -0.2) is 28.8 Å². The van der Waals surface area contributed by atoms with Crippen molar-refractivity contribution in [2.75, 3.05) is 0 Å². The summed E-state index contributed by atoms with van der Waals surface area (Å²) in [6, 6.07) is 65.3. The van der Waals surface area contributed by atoms with Gasteiger partial charge in [0.05, 0.1) is 33.6 Å². The number of aromatic hydroxyl groups is 1. The van der Waals surface area contributed by atoms with Gasteiger partial charge in [0.1, 0.15) is 11.3 Å². The second kappa shape index (κ2) is 19.8. The molecule has 6 nitrogen and oxygen atoms in total. The molecule has 3 heterocycles. The predicted octanol–water partition coefficient (Wildman–Crippen LogP) is 19.0. The Hall–Kier alpha value is -7.27. The molecule has 0 saturated heterocycles. The number of imidazole rings is 2. The molecule has 79 heavy (non-hydrogen) atoms. The zero-order chi connectivity index (χ0) is 55.4. The van der Waals surface area contributed by atoms with Crippen LogP contribution in [-0.2, 0) is 48.1 Å². The van der Waals surface area contributed by atoms with E-state index in [-0.39, 0.29) is 53.9 Å². The quantitative estimate of drug-likeness (QED) is 0.162. The Bertz CT molecular complexity index is 4100. The Morgan fingerprint density at radius 1 is 0.405 bits per heavy atom. The maximum Gasteiger partial charge on any atom is 0.163 e. The zero-order valence-electron chi connectivity index (χ0n) is 48.7. The number of aromatic nitrogens is 5. The number of hydrogen-bond donors (Lipinski definition) is 1. The summed E-state index contributed by atoms with van der Waals surface area (Å²) in [6.45, 7) is 33.7. The fraction of sp³-hybridized carbons (Fsp3) is 0.278. The summed E-state index contributed by atoms with van der Waals surface area (Å²) in [4.78, 5) is 11.4. The number of fused-ring (bicyclic) bond motifs is 4. The molecule has 0 aliphatic carbocycles. The van der Waals surface area contributed by atoms with Crippen LogP contribution in [0.5, 0.6) is 5.75 Å². The summed E-state index contributed by atoms with van der Waals surface area (Å²) in [6.07, 6.45) is 0. The number of phenols is 1. The van der Waals surface area contributed by atoms with E-state index in [4.69, 9.17) is 9.97 Å². The first-order valence-electron chi connectivity index (χ1n) is 27.6. The molecule has 1 N–H and O–H groups in total. The molecule has 0 bridgehead atoms. The van der Waals surface area contributed by atoms with E-state index in [9.17, 15) is 5.11 Å². The monoisotopic (exact) mass is 1220 g/mol. The van der Waals surface area contributed by atoms with Crippen molar-refractivity contribution in [1.82, 2.24) is 23.7 Å². The van der Waals surface area contributed by atoms with Gasteiger partial charge in [-0.1, -0.05) is 213 Å². The molecular formula is C72H74N5OPt-. The van der Waals surface area contributed by atoms with Gasteiger partial charge in [0.15, 0.2) is 11.5 Å². The van der Waals surface area contributed by atoms with Crippen LogP contribution in [0.2, 0.25) is 0 Å². The molecule has 0 atom stereocenters. The van der Waals surface area contributed by atoms with Gasteiger partial charge in [-0.25, -0.2) is 4.98 Å². The van der Waals surface area contributed by atoms with E-state index < -0.39 is 0 Å². The van der Waals surface area contributed by atoms with Crippen molar-refractivity contribution in [2.24, 2.45) is 0 Å². The Labute approximate surface area is 482 Å². The molecule has 0 fully saturated rings. The summed E-state index contributed by atoms with van der Waals surface area (Å²) in [7, 11) is 0. The second-order valence-electron chi connectivity index (χ2n) is 26.6. The van der Waals surface area contributed by atoms with E-state index in [0.29, 0.717) is 11.4 Å². The molecule has 0 unspecified atom stereocenters. The van der Waals surface area contributed by atoms with Crippen LogP contribution in [0.25, 0.3) is 95.2 Å². The third-order valence-corrected chi connectivity index (χ3v) is 15.6. The van der Waals surface area contributed by atoms with Crippen LogP contribution in [0, 0.1) is 6.07 Å². The smallest absolute Gasteiger partial charge is 0.163 e. The van der Waals surface area contributed by atoms with Crippen molar-refractivity contribution in [3.8, 4) is 67.8 Å². The molecule has 11 aromatic rings.